The molecule has 0 aliphatic heterocycles. The third-order valence-electron chi connectivity index (χ3n) is 4.25. The van der Waals surface area contributed by atoms with Gasteiger partial charge in [0.1, 0.15) is 0 Å². The van der Waals surface area contributed by atoms with Crippen molar-refractivity contribution in [2.24, 2.45) is 0 Å². The lowest BCUT2D eigenvalue weighted by molar-refractivity contribution is 0.0936. The van der Waals surface area contributed by atoms with Crippen LogP contribution in [0.2, 0.25) is 0 Å². The van der Waals surface area contributed by atoms with Gasteiger partial charge in [0.2, 0.25) is 5.82 Å². The number of nitrogens with zero attached hydrogens (tertiary/aromatic N) is 2. The molecule has 1 unspecified atom stereocenters. The maximum absolute atomic E-state index is 12.6. The van der Waals surface area contributed by atoms with Crippen LogP contribution in [0.25, 0.3) is 5.52 Å². The van der Waals surface area contributed by atoms with Crippen molar-refractivity contribution in [1.29, 1.82) is 0 Å². The first kappa shape index (κ1) is 17.7. The SMILES string of the molecule is CCC(C)NC(=O)c1nc(C(=O)NCc2ccccc2)n2ccccc12. The molecule has 2 N–H and O–H groups in total. The Morgan fingerprint density at radius 3 is 2.54 bits per heavy atom. The number of carbonyl (C=O) groups excluding carboxylic acids is 2. The average Bonchev–Trinajstić information content (AvgIpc) is 3.06. The number of aromatic nitrogens is 2. The van der Waals surface area contributed by atoms with Gasteiger partial charge in [0.15, 0.2) is 5.69 Å². The largest absolute Gasteiger partial charge is 0.348 e. The Hall–Kier alpha value is -3.15. The Morgan fingerprint density at radius 2 is 1.81 bits per heavy atom. The molecule has 0 fully saturated rings. The van der Waals surface area contributed by atoms with Crippen LogP contribution < -0.4 is 10.6 Å². The van der Waals surface area contributed by atoms with E-state index >= 15 is 0 Å². The number of hydrogen-bond acceptors (Lipinski definition) is 3. The summed E-state index contributed by atoms with van der Waals surface area (Å²) < 4.78 is 1.64. The van der Waals surface area contributed by atoms with E-state index < -0.39 is 0 Å². The minimum Gasteiger partial charge on any atom is -0.348 e. The quantitative estimate of drug-likeness (QED) is 0.718. The average molecular weight is 350 g/mol. The maximum atomic E-state index is 12.6. The summed E-state index contributed by atoms with van der Waals surface area (Å²) in [5.41, 5.74) is 1.87. The minimum atomic E-state index is -0.322. The molecular formula is C20H22N4O2. The van der Waals surface area contributed by atoms with Crippen molar-refractivity contribution in [2.75, 3.05) is 0 Å². The molecule has 6 nitrogen and oxygen atoms in total. The van der Waals surface area contributed by atoms with Gasteiger partial charge < -0.3 is 10.6 Å². The molecule has 0 spiro atoms. The number of hydrogen-bond donors (Lipinski definition) is 2. The number of imidazole rings is 1. The third kappa shape index (κ3) is 3.74. The molecule has 0 saturated carbocycles. The molecule has 0 aliphatic rings. The van der Waals surface area contributed by atoms with E-state index in [0.717, 1.165) is 12.0 Å². The summed E-state index contributed by atoms with van der Waals surface area (Å²) in [6.07, 6.45) is 2.56. The predicted octanol–water partition coefficient (Wildman–Crippen LogP) is 2.79. The van der Waals surface area contributed by atoms with E-state index in [-0.39, 0.29) is 29.4 Å². The fourth-order valence-corrected chi connectivity index (χ4v) is 2.62. The number of fused-ring (bicyclic) bond motifs is 1. The fourth-order valence-electron chi connectivity index (χ4n) is 2.62. The number of amides is 2. The molecule has 134 valence electrons. The first-order valence-corrected chi connectivity index (χ1v) is 8.70. The molecule has 26 heavy (non-hydrogen) atoms. The van der Waals surface area contributed by atoms with E-state index in [4.69, 9.17) is 0 Å². The second-order valence-corrected chi connectivity index (χ2v) is 6.19. The van der Waals surface area contributed by atoms with E-state index in [1.54, 1.807) is 22.7 Å². The van der Waals surface area contributed by atoms with Gasteiger partial charge in [-0.15, -0.1) is 0 Å². The van der Waals surface area contributed by atoms with Crippen molar-refractivity contribution in [3.63, 3.8) is 0 Å². The molecule has 0 bridgehead atoms. The van der Waals surface area contributed by atoms with Crippen molar-refractivity contribution in [1.82, 2.24) is 20.0 Å². The van der Waals surface area contributed by atoms with Crippen molar-refractivity contribution >= 4 is 17.3 Å². The van der Waals surface area contributed by atoms with Crippen LogP contribution >= 0.6 is 0 Å². The maximum Gasteiger partial charge on any atom is 0.287 e. The summed E-state index contributed by atoms with van der Waals surface area (Å²) >= 11 is 0. The monoisotopic (exact) mass is 350 g/mol. The second-order valence-electron chi connectivity index (χ2n) is 6.19. The molecule has 1 aromatic carbocycles. The number of pyridine rings is 1. The first-order chi connectivity index (χ1) is 12.6. The van der Waals surface area contributed by atoms with Gasteiger partial charge in [-0.05, 0) is 31.0 Å². The highest BCUT2D eigenvalue weighted by Crippen LogP contribution is 2.14. The molecule has 1 atom stereocenters. The van der Waals surface area contributed by atoms with Gasteiger partial charge in [0.25, 0.3) is 11.8 Å². The molecular weight excluding hydrogens is 328 g/mol. The van der Waals surface area contributed by atoms with Crippen LogP contribution in [0, 0.1) is 0 Å². The summed E-state index contributed by atoms with van der Waals surface area (Å²) in [5.74, 6) is -0.395. The molecule has 0 radical (unpaired) electrons. The number of nitrogens with one attached hydrogen (secondary N) is 2. The molecule has 2 heterocycles. The van der Waals surface area contributed by atoms with Crippen LogP contribution in [-0.2, 0) is 6.54 Å². The highest BCUT2D eigenvalue weighted by atomic mass is 16.2. The highest BCUT2D eigenvalue weighted by Gasteiger charge is 2.21. The summed E-state index contributed by atoms with van der Waals surface area (Å²) in [6, 6.07) is 15.1. The van der Waals surface area contributed by atoms with Crippen LogP contribution in [-0.4, -0.2) is 27.2 Å². The molecule has 3 aromatic rings. The number of rotatable bonds is 6. The summed E-state index contributed by atoms with van der Waals surface area (Å²) in [7, 11) is 0. The Kier molecular flexibility index (Phi) is 5.31. The molecule has 3 rings (SSSR count). The zero-order valence-electron chi connectivity index (χ0n) is 14.9. The van der Waals surface area contributed by atoms with Crippen molar-refractivity contribution in [2.45, 2.75) is 32.9 Å². The Balaban J connectivity index is 1.86. The first-order valence-electron chi connectivity index (χ1n) is 8.70. The summed E-state index contributed by atoms with van der Waals surface area (Å²) in [4.78, 5) is 29.5. The zero-order valence-corrected chi connectivity index (χ0v) is 14.9. The van der Waals surface area contributed by atoms with E-state index in [2.05, 4.69) is 15.6 Å². The van der Waals surface area contributed by atoms with Gasteiger partial charge in [-0.2, -0.15) is 0 Å². The van der Waals surface area contributed by atoms with Crippen molar-refractivity contribution < 1.29 is 9.59 Å². The molecule has 0 aliphatic carbocycles. The van der Waals surface area contributed by atoms with Gasteiger partial charge in [-0.25, -0.2) is 4.98 Å². The topological polar surface area (TPSA) is 75.5 Å². The molecule has 6 heteroatoms. The van der Waals surface area contributed by atoms with E-state index in [9.17, 15) is 9.59 Å². The second kappa shape index (κ2) is 7.82. The number of carbonyl (C=O) groups is 2. The van der Waals surface area contributed by atoms with Crippen LogP contribution in [0.15, 0.2) is 54.7 Å². The van der Waals surface area contributed by atoms with Crippen molar-refractivity contribution in [3.8, 4) is 0 Å². The standard InChI is InChI=1S/C20H22N4O2/c1-3-14(2)22-19(25)17-16-11-7-8-12-24(16)18(23-17)20(26)21-13-15-9-5-4-6-10-15/h4-12,14H,3,13H2,1-2H3,(H,21,26)(H,22,25). The highest BCUT2D eigenvalue weighted by molar-refractivity contribution is 6.02. The van der Waals surface area contributed by atoms with E-state index in [1.165, 1.54) is 0 Å². The molecule has 2 amide bonds. The normalized spacial score (nSPS) is 11.9. The van der Waals surface area contributed by atoms with Crippen LogP contribution in [0.4, 0.5) is 0 Å². The smallest absolute Gasteiger partial charge is 0.287 e. The van der Waals surface area contributed by atoms with Crippen LogP contribution in [0.5, 0.6) is 0 Å². The van der Waals surface area contributed by atoms with Gasteiger partial charge in [-0.3, -0.25) is 14.0 Å². The zero-order chi connectivity index (χ0) is 18.5. The molecule has 0 saturated heterocycles. The Labute approximate surface area is 152 Å². The third-order valence-corrected chi connectivity index (χ3v) is 4.25. The number of benzene rings is 1. The molecule has 2 aromatic heterocycles. The van der Waals surface area contributed by atoms with Gasteiger partial charge in [0, 0.05) is 18.8 Å². The Morgan fingerprint density at radius 1 is 1.08 bits per heavy atom. The fraction of sp³-hybridized carbons (Fsp3) is 0.250. The lowest BCUT2D eigenvalue weighted by Gasteiger charge is -2.09. The van der Waals surface area contributed by atoms with Gasteiger partial charge >= 0.3 is 0 Å². The van der Waals surface area contributed by atoms with Crippen molar-refractivity contribution in [3.05, 3.63) is 71.8 Å². The lowest BCUT2D eigenvalue weighted by atomic mass is 10.2. The summed E-state index contributed by atoms with van der Waals surface area (Å²) in [6.45, 7) is 4.33. The van der Waals surface area contributed by atoms with Gasteiger partial charge in [-0.1, -0.05) is 43.3 Å². The minimum absolute atomic E-state index is 0.0401. The van der Waals surface area contributed by atoms with Crippen LogP contribution in [0.1, 0.15) is 46.9 Å². The summed E-state index contributed by atoms with van der Waals surface area (Å²) in [5, 5.41) is 5.76. The lowest BCUT2D eigenvalue weighted by Crippen LogP contribution is -2.32. The van der Waals surface area contributed by atoms with E-state index in [0.29, 0.717) is 12.1 Å². The van der Waals surface area contributed by atoms with Gasteiger partial charge in [0.05, 0.1) is 5.52 Å². The Bertz CT molecular complexity index is 918. The predicted molar refractivity (Wildman–Crippen MR) is 100 cm³/mol. The van der Waals surface area contributed by atoms with Crippen LogP contribution in [0.3, 0.4) is 0 Å². The van der Waals surface area contributed by atoms with E-state index in [1.807, 2.05) is 50.2 Å².